The maximum atomic E-state index is 15.5. The summed E-state index contributed by atoms with van der Waals surface area (Å²) >= 11 is 0. The van der Waals surface area contributed by atoms with Crippen LogP contribution in [0.5, 0.6) is 0 Å². The molecule has 0 saturated heterocycles. The highest BCUT2D eigenvalue weighted by Gasteiger charge is 3.23. The van der Waals surface area contributed by atoms with Gasteiger partial charge < -0.3 is 5.11 Å². The highest BCUT2D eigenvalue weighted by molar-refractivity contribution is 5.86. The number of alkyl halides is 17. The molecule has 34 heavy (non-hydrogen) atoms. The summed E-state index contributed by atoms with van der Waals surface area (Å²) in [5.41, 5.74) is -42.2. The molecular weight excluding hydrogens is 535 g/mol. The van der Waals surface area contributed by atoms with Crippen LogP contribution in [0.2, 0.25) is 0 Å². The molecule has 4 saturated carbocycles. The normalized spacial score (nSPS) is 47.5. The standard InChI is InChI=1S/C15H5F17O2/c1-3(4(33)34)2-5(15(30,31)32)6(16)10(20,21)8(18)12(24,25)7(5,17)13(26,27)9(19,11(6,22)23)14(8,28)29/h2H,1H3,(H,33,34). The minimum absolute atomic E-state index is 0.328. The Labute approximate surface area is 174 Å². The first kappa shape index (κ1) is 26.6. The minimum Gasteiger partial charge on any atom is -0.478 e. The molecule has 0 aromatic rings. The van der Waals surface area contributed by atoms with Gasteiger partial charge >= 0.3 is 53.1 Å². The lowest BCUT2D eigenvalue weighted by Crippen LogP contribution is -3.09. The number of carboxylic acids is 1. The Kier molecular flexibility index (Phi) is 4.34. The number of hydrogen-bond donors (Lipinski definition) is 1. The summed E-state index contributed by atoms with van der Waals surface area (Å²) in [5.74, 6) is -43.8. The summed E-state index contributed by atoms with van der Waals surface area (Å²) < 4.78 is 247. The SMILES string of the molecule is CC(=CC1(C(F)(F)F)C2(F)C(F)(F)C3(F)C(F)(F)C(F)(C2(F)F)C(F)(F)C1(F)C3(F)F)C(=O)O. The fourth-order valence-corrected chi connectivity index (χ4v) is 5.05. The van der Waals surface area contributed by atoms with Crippen LogP contribution >= 0.6 is 0 Å². The average molecular weight is 540 g/mol. The molecule has 0 aromatic heterocycles. The maximum Gasteiger partial charge on any atom is 0.405 e. The van der Waals surface area contributed by atoms with Crippen LogP contribution in [0.3, 0.4) is 0 Å². The molecule has 0 amide bonds. The van der Waals surface area contributed by atoms with E-state index in [1.807, 2.05) is 0 Å². The van der Waals surface area contributed by atoms with E-state index in [0.717, 1.165) is 0 Å². The van der Waals surface area contributed by atoms with E-state index >= 15 is 8.78 Å². The number of carboxylic acid groups (broad SMARTS) is 1. The van der Waals surface area contributed by atoms with Crippen molar-refractivity contribution in [2.75, 3.05) is 0 Å². The van der Waals surface area contributed by atoms with Crippen molar-refractivity contribution in [1.29, 1.82) is 0 Å². The van der Waals surface area contributed by atoms with Crippen LogP contribution in [-0.2, 0) is 4.79 Å². The first-order valence-electron chi connectivity index (χ1n) is 8.22. The molecule has 4 bridgehead atoms. The molecule has 0 atom stereocenters. The Bertz CT molecular complexity index is 919. The second kappa shape index (κ2) is 5.54. The molecule has 0 heterocycles. The van der Waals surface area contributed by atoms with Gasteiger partial charge in [0.05, 0.1) is 0 Å². The van der Waals surface area contributed by atoms with E-state index < -0.39 is 81.5 Å². The molecule has 4 rings (SSSR count). The van der Waals surface area contributed by atoms with Crippen molar-refractivity contribution in [1.82, 2.24) is 0 Å². The average Bonchev–Trinajstić information content (AvgIpc) is 2.64. The lowest BCUT2D eigenvalue weighted by Gasteiger charge is -2.76. The molecule has 0 radical (unpaired) electrons. The third-order valence-electron chi connectivity index (χ3n) is 6.63. The van der Waals surface area contributed by atoms with E-state index in [9.17, 15) is 70.7 Å². The molecule has 0 unspecified atom stereocenters. The number of aliphatic carboxylic acids is 1. The zero-order valence-electron chi connectivity index (χ0n) is 15.4. The Morgan fingerprint density at radius 2 is 0.824 bits per heavy atom. The van der Waals surface area contributed by atoms with Gasteiger partial charge in [0.2, 0.25) is 0 Å². The van der Waals surface area contributed by atoms with E-state index in [2.05, 4.69) is 0 Å². The largest absolute Gasteiger partial charge is 0.478 e. The van der Waals surface area contributed by atoms with Gasteiger partial charge in [-0.05, 0) is 6.92 Å². The highest BCUT2D eigenvalue weighted by Crippen LogP contribution is 2.91. The summed E-state index contributed by atoms with van der Waals surface area (Å²) in [7, 11) is 0. The second-order valence-corrected chi connectivity index (χ2v) is 7.94. The van der Waals surface area contributed by atoms with Gasteiger partial charge in [-0.3, -0.25) is 0 Å². The molecule has 4 aliphatic carbocycles. The zero-order valence-corrected chi connectivity index (χ0v) is 15.4. The van der Waals surface area contributed by atoms with E-state index in [1.54, 1.807) is 0 Å². The minimum atomic E-state index is -8.19. The highest BCUT2D eigenvalue weighted by atomic mass is 19.4. The van der Waals surface area contributed by atoms with Crippen LogP contribution < -0.4 is 0 Å². The fourth-order valence-electron chi connectivity index (χ4n) is 5.05. The first-order valence-corrected chi connectivity index (χ1v) is 8.22. The predicted octanol–water partition coefficient (Wildman–Crippen LogP) is 5.62. The topological polar surface area (TPSA) is 37.3 Å². The molecule has 0 spiro atoms. The number of rotatable bonds is 2. The zero-order chi connectivity index (χ0) is 27.4. The maximum absolute atomic E-state index is 15.5. The van der Waals surface area contributed by atoms with Crippen LogP contribution in [0.4, 0.5) is 74.6 Å². The summed E-state index contributed by atoms with van der Waals surface area (Å²) in [6.07, 6.45) is -10.0. The van der Waals surface area contributed by atoms with Crippen molar-refractivity contribution in [2.45, 2.75) is 65.4 Å². The predicted molar refractivity (Wildman–Crippen MR) is 70.0 cm³/mol. The molecule has 2 nitrogen and oxygen atoms in total. The lowest BCUT2D eigenvalue weighted by molar-refractivity contribution is -0.608. The van der Waals surface area contributed by atoms with Crippen molar-refractivity contribution >= 4 is 5.97 Å². The van der Waals surface area contributed by atoms with Gasteiger partial charge in [-0.1, -0.05) is 6.08 Å². The number of carbonyl (C=O) groups is 1. The van der Waals surface area contributed by atoms with Gasteiger partial charge in [0, 0.05) is 5.57 Å². The summed E-state index contributed by atoms with van der Waals surface area (Å²) in [6.45, 7) is -0.328. The van der Waals surface area contributed by atoms with E-state index in [-0.39, 0.29) is 6.92 Å². The van der Waals surface area contributed by atoms with Crippen LogP contribution in [0.25, 0.3) is 0 Å². The van der Waals surface area contributed by atoms with Crippen molar-refractivity contribution in [2.24, 2.45) is 5.41 Å². The third kappa shape index (κ3) is 1.64. The molecule has 19 heteroatoms. The quantitative estimate of drug-likeness (QED) is 0.365. The number of hydrogen-bond acceptors (Lipinski definition) is 1. The van der Waals surface area contributed by atoms with E-state index in [1.165, 1.54) is 0 Å². The summed E-state index contributed by atoms with van der Waals surface area (Å²) in [5, 5.41) is 8.59. The van der Waals surface area contributed by atoms with Gasteiger partial charge in [-0.15, -0.1) is 0 Å². The Morgan fingerprint density at radius 3 is 1.03 bits per heavy atom. The Hall–Kier alpha value is -1.98. The number of allylic oxidation sites excluding steroid dienone is 1. The van der Waals surface area contributed by atoms with Crippen LogP contribution in [0, 0.1) is 5.41 Å². The Morgan fingerprint density at radius 1 is 0.588 bits per heavy atom. The van der Waals surface area contributed by atoms with Crippen molar-refractivity contribution < 1.29 is 84.5 Å². The van der Waals surface area contributed by atoms with Gasteiger partial charge in [0.15, 0.2) is 5.41 Å². The van der Waals surface area contributed by atoms with Crippen molar-refractivity contribution in [3.8, 4) is 0 Å². The summed E-state index contributed by atoms with van der Waals surface area (Å²) in [6, 6.07) is 0. The molecule has 0 aliphatic heterocycles. The van der Waals surface area contributed by atoms with Crippen LogP contribution in [0.15, 0.2) is 11.6 Å². The summed E-state index contributed by atoms with van der Waals surface area (Å²) in [4.78, 5) is 10.8. The lowest BCUT2D eigenvalue weighted by atomic mass is 9.33. The Balaban J connectivity index is 2.86. The fraction of sp³-hybridized carbons (Fsp3) is 0.800. The monoisotopic (exact) mass is 540 g/mol. The first-order chi connectivity index (χ1) is 14.6. The molecule has 4 aliphatic rings. The molecule has 196 valence electrons. The molecule has 1 N–H and O–H groups in total. The van der Waals surface area contributed by atoms with Gasteiger partial charge in [-0.2, -0.15) is 57.1 Å². The van der Waals surface area contributed by atoms with Gasteiger partial charge in [-0.25, -0.2) is 22.4 Å². The molecule has 0 aromatic carbocycles. The van der Waals surface area contributed by atoms with E-state index in [4.69, 9.17) is 5.11 Å². The molecular formula is C15H5F17O2. The molecule has 4 fully saturated rings. The number of halogens is 17. The van der Waals surface area contributed by atoms with E-state index in [0.29, 0.717) is 0 Å². The van der Waals surface area contributed by atoms with Gasteiger partial charge in [0.1, 0.15) is 0 Å². The van der Waals surface area contributed by atoms with Gasteiger partial charge in [0.25, 0.3) is 11.3 Å². The third-order valence-corrected chi connectivity index (χ3v) is 6.63. The van der Waals surface area contributed by atoms with Crippen molar-refractivity contribution in [3.05, 3.63) is 11.6 Å². The smallest absolute Gasteiger partial charge is 0.405 e. The second-order valence-electron chi connectivity index (χ2n) is 7.94. The van der Waals surface area contributed by atoms with Crippen molar-refractivity contribution in [3.63, 3.8) is 0 Å². The van der Waals surface area contributed by atoms with Crippen LogP contribution in [0.1, 0.15) is 6.92 Å². The van der Waals surface area contributed by atoms with Crippen LogP contribution in [-0.4, -0.2) is 69.5 Å².